The molecular weight excluding hydrogens is 196 g/mol. The monoisotopic (exact) mass is 216 g/mol. The van der Waals surface area contributed by atoms with Crippen LogP contribution in [0.15, 0.2) is 0 Å². The van der Waals surface area contributed by atoms with Gasteiger partial charge in [-0.15, -0.1) is 0 Å². The fraction of sp³-hybridized carbons (Fsp3) is 0.800. The molecule has 0 unspecified atom stereocenters. The van der Waals surface area contributed by atoms with Crippen LogP contribution in [-0.4, -0.2) is 37.6 Å². The minimum absolute atomic E-state index is 0.0598. The van der Waals surface area contributed by atoms with E-state index in [1.165, 1.54) is 14.2 Å². The molecular formula is C10H20N2O3. The SMILES string of the molecule is CON(C)C(=O)CCNC(=O)C(C)(C)C. The van der Waals surface area contributed by atoms with Gasteiger partial charge in [0.15, 0.2) is 0 Å². The van der Waals surface area contributed by atoms with E-state index in [-0.39, 0.29) is 18.2 Å². The molecule has 0 aliphatic heterocycles. The van der Waals surface area contributed by atoms with E-state index >= 15 is 0 Å². The largest absolute Gasteiger partial charge is 0.355 e. The molecule has 0 saturated carbocycles. The zero-order valence-electron chi connectivity index (χ0n) is 10.1. The lowest BCUT2D eigenvalue weighted by atomic mass is 9.96. The summed E-state index contributed by atoms with van der Waals surface area (Å²) >= 11 is 0. The number of rotatable bonds is 4. The molecule has 5 nitrogen and oxygen atoms in total. The molecule has 0 spiro atoms. The van der Waals surface area contributed by atoms with Crippen molar-refractivity contribution >= 4 is 11.8 Å². The molecule has 15 heavy (non-hydrogen) atoms. The normalized spacial score (nSPS) is 11.0. The first-order chi connectivity index (χ1) is 6.79. The third-order valence-electron chi connectivity index (χ3n) is 1.93. The third-order valence-corrected chi connectivity index (χ3v) is 1.93. The first-order valence-electron chi connectivity index (χ1n) is 4.88. The summed E-state index contributed by atoms with van der Waals surface area (Å²) in [6.07, 6.45) is 0.242. The van der Waals surface area contributed by atoms with Crippen LogP contribution in [0.3, 0.4) is 0 Å². The minimum Gasteiger partial charge on any atom is -0.355 e. The summed E-state index contributed by atoms with van der Waals surface area (Å²) in [5.41, 5.74) is -0.420. The Kier molecular flexibility index (Phi) is 5.28. The van der Waals surface area contributed by atoms with Crippen molar-refractivity contribution in [1.29, 1.82) is 0 Å². The van der Waals surface area contributed by atoms with E-state index in [1.807, 2.05) is 20.8 Å². The van der Waals surface area contributed by atoms with Gasteiger partial charge in [-0.3, -0.25) is 14.4 Å². The second-order valence-electron chi connectivity index (χ2n) is 4.33. The van der Waals surface area contributed by atoms with Crippen LogP contribution in [0.2, 0.25) is 0 Å². The van der Waals surface area contributed by atoms with E-state index < -0.39 is 5.41 Å². The van der Waals surface area contributed by atoms with Crippen LogP contribution in [0.1, 0.15) is 27.2 Å². The number of nitrogens with one attached hydrogen (secondary N) is 1. The maximum absolute atomic E-state index is 11.4. The lowest BCUT2D eigenvalue weighted by Gasteiger charge is -2.18. The van der Waals surface area contributed by atoms with Crippen LogP contribution in [0.5, 0.6) is 0 Å². The van der Waals surface area contributed by atoms with E-state index in [0.29, 0.717) is 6.54 Å². The topological polar surface area (TPSA) is 58.6 Å². The van der Waals surface area contributed by atoms with Crippen LogP contribution in [0.4, 0.5) is 0 Å². The molecule has 0 radical (unpaired) electrons. The minimum atomic E-state index is -0.420. The number of carbonyl (C=O) groups is 2. The van der Waals surface area contributed by atoms with Gasteiger partial charge in [0.05, 0.1) is 7.11 Å². The number of hydrogen-bond acceptors (Lipinski definition) is 3. The molecule has 0 aromatic carbocycles. The molecule has 0 aromatic rings. The Morgan fingerprint density at radius 3 is 2.27 bits per heavy atom. The summed E-state index contributed by atoms with van der Waals surface area (Å²) in [4.78, 5) is 27.4. The van der Waals surface area contributed by atoms with Gasteiger partial charge in [0.25, 0.3) is 0 Å². The van der Waals surface area contributed by atoms with Crippen molar-refractivity contribution in [3.8, 4) is 0 Å². The van der Waals surface area contributed by atoms with E-state index in [9.17, 15) is 9.59 Å². The Morgan fingerprint density at radius 1 is 1.33 bits per heavy atom. The molecule has 88 valence electrons. The molecule has 5 heteroatoms. The molecule has 0 fully saturated rings. The fourth-order valence-electron chi connectivity index (χ4n) is 0.807. The summed E-state index contributed by atoms with van der Waals surface area (Å²) in [6, 6.07) is 0. The predicted molar refractivity (Wildman–Crippen MR) is 56.9 cm³/mol. The van der Waals surface area contributed by atoms with Gasteiger partial charge < -0.3 is 5.32 Å². The van der Waals surface area contributed by atoms with E-state index in [2.05, 4.69) is 5.32 Å². The first kappa shape index (κ1) is 13.9. The van der Waals surface area contributed by atoms with E-state index in [0.717, 1.165) is 5.06 Å². The second-order valence-corrected chi connectivity index (χ2v) is 4.33. The van der Waals surface area contributed by atoms with Gasteiger partial charge >= 0.3 is 0 Å². The average Bonchev–Trinajstić information content (AvgIpc) is 2.14. The van der Waals surface area contributed by atoms with Crippen molar-refractivity contribution in [3.05, 3.63) is 0 Å². The molecule has 0 rings (SSSR count). The van der Waals surface area contributed by atoms with E-state index in [1.54, 1.807) is 0 Å². The van der Waals surface area contributed by atoms with Gasteiger partial charge in [0.2, 0.25) is 11.8 Å². The van der Waals surface area contributed by atoms with Gasteiger partial charge in [-0.05, 0) is 0 Å². The van der Waals surface area contributed by atoms with Crippen LogP contribution in [0, 0.1) is 5.41 Å². The summed E-state index contributed by atoms with van der Waals surface area (Å²) in [5.74, 6) is -0.220. The van der Waals surface area contributed by atoms with Gasteiger partial charge in [0, 0.05) is 25.4 Å². The lowest BCUT2D eigenvalue weighted by Crippen LogP contribution is -2.37. The van der Waals surface area contributed by atoms with Gasteiger partial charge in [-0.1, -0.05) is 20.8 Å². The van der Waals surface area contributed by atoms with E-state index in [4.69, 9.17) is 4.84 Å². The summed E-state index contributed by atoms with van der Waals surface area (Å²) in [6.45, 7) is 5.81. The lowest BCUT2D eigenvalue weighted by molar-refractivity contribution is -0.168. The number of amides is 2. The summed E-state index contributed by atoms with van der Waals surface area (Å²) in [7, 11) is 2.96. The van der Waals surface area contributed by atoms with Crippen molar-refractivity contribution in [2.24, 2.45) is 5.41 Å². The maximum atomic E-state index is 11.4. The van der Waals surface area contributed by atoms with Gasteiger partial charge in [0.1, 0.15) is 0 Å². The van der Waals surface area contributed by atoms with Crippen LogP contribution >= 0.6 is 0 Å². The van der Waals surface area contributed by atoms with Crippen molar-refractivity contribution in [1.82, 2.24) is 10.4 Å². The Bertz CT molecular complexity index is 233. The highest BCUT2D eigenvalue weighted by molar-refractivity contribution is 5.82. The molecule has 0 heterocycles. The molecule has 0 saturated heterocycles. The molecule has 1 N–H and O–H groups in total. The Morgan fingerprint density at radius 2 is 1.87 bits per heavy atom. The fourth-order valence-corrected chi connectivity index (χ4v) is 0.807. The smallest absolute Gasteiger partial charge is 0.247 e. The van der Waals surface area contributed by atoms with Crippen molar-refractivity contribution in [2.45, 2.75) is 27.2 Å². The third kappa shape index (κ3) is 5.37. The Labute approximate surface area is 90.7 Å². The van der Waals surface area contributed by atoms with Crippen LogP contribution in [0.25, 0.3) is 0 Å². The highest BCUT2D eigenvalue weighted by atomic mass is 16.7. The van der Waals surface area contributed by atoms with Gasteiger partial charge in [-0.2, -0.15) is 0 Å². The Hall–Kier alpha value is -1.10. The number of carbonyl (C=O) groups excluding carboxylic acids is 2. The molecule has 0 aromatic heterocycles. The molecule has 0 bridgehead atoms. The summed E-state index contributed by atoms with van der Waals surface area (Å²) < 4.78 is 0. The molecule has 0 aliphatic rings. The molecule has 0 aliphatic carbocycles. The van der Waals surface area contributed by atoms with Crippen LogP contribution < -0.4 is 5.32 Å². The number of hydrogen-bond donors (Lipinski definition) is 1. The zero-order valence-corrected chi connectivity index (χ0v) is 10.1. The van der Waals surface area contributed by atoms with Crippen LogP contribution in [-0.2, 0) is 14.4 Å². The number of nitrogens with zero attached hydrogens (tertiary/aromatic N) is 1. The highest BCUT2D eigenvalue weighted by Crippen LogP contribution is 2.12. The van der Waals surface area contributed by atoms with Crippen molar-refractivity contribution in [3.63, 3.8) is 0 Å². The average molecular weight is 216 g/mol. The standard InChI is InChI=1S/C10H20N2O3/c1-10(2,3)9(14)11-7-6-8(13)12(4)15-5/h6-7H2,1-5H3,(H,11,14). The zero-order chi connectivity index (χ0) is 12.1. The molecule has 2 amide bonds. The Balaban J connectivity index is 3.81. The quantitative estimate of drug-likeness (QED) is 0.698. The first-order valence-corrected chi connectivity index (χ1v) is 4.88. The number of hydroxylamine groups is 2. The van der Waals surface area contributed by atoms with Crippen molar-refractivity contribution in [2.75, 3.05) is 20.7 Å². The summed E-state index contributed by atoms with van der Waals surface area (Å²) in [5, 5.41) is 3.83. The second kappa shape index (κ2) is 5.70. The maximum Gasteiger partial charge on any atom is 0.247 e. The predicted octanol–water partition coefficient (Wildman–Crippen LogP) is 0.559. The highest BCUT2D eigenvalue weighted by Gasteiger charge is 2.20. The molecule has 0 atom stereocenters. The van der Waals surface area contributed by atoms with Gasteiger partial charge in [-0.25, -0.2) is 5.06 Å². The van der Waals surface area contributed by atoms with Crippen molar-refractivity contribution < 1.29 is 14.4 Å².